The number of nitrogens with two attached hydrogens (primary N) is 1. The third-order valence-corrected chi connectivity index (χ3v) is 7.29. The van der Waals surface area contributed by atoms with Gasteiger partial charge in [-0.1, -0.05) is 32.4 Å². The van der Waals surface area contributed by atoms with Gasteiger partial charge in [-0.05, 0) is 55.5 Å². The van der Waals surface area contributed by atoms with E-state index in [0.29, 0.717) is 30.5 Å². The lowest BCUT2D eigenvalue weighted by atomic mass is 10.0. The van der Waals surface area contributed by atoms with Gasteiger partial charge in [0, 0.05) is 42.9 Å². The Kier molecular flexibility index (Phi) is 12.7. The minimum absolute atomic E-state index is 0.0583. The van der Waals surface area contributed by atoms with Gasteiger partial charge in [0.05, 0.1) is 4.92 Å². The van der Waals surface area contributed by atoms with E-state index in [9.17, 15) is 38.9 Å². The van der Waals surface area contributed by atoms with Gasteiger partial charge in [0.25, 0.3) is 23.4 Å². The summed E-state index contributed by atoms with van der Waals surface area (Å²) in [7, 11) is 0. The van der Waals surface area contributed by atoms with E-state index in [0.717, 1.165) is 4.90 Å². The lowest BCUT2D eigenvalue weighted by Gasteiger charge is -2.33. The van der Waals surface area contributed by atoms with E-state index in [1.54, 1.807) is 38.1 Å². The zero-order valence-corrected chi connectivity index (χ0v) is 26.2. The van der Waals surface area contributed by atoms with Crippen LogP contribution >= 0.6 is 0 Å². The Balaban J connectivity index is 1.58. The van der Waals surface area contributed by atoms with Crippen molar-refractivity contribution in [3.63, 3.8) is 0 Å². The van der Waals surface area contributed by atoms with Crippen LogP contribution in [0.5, 0.6) is 5.75 Å². The number of amides is 5. The molecule has 1 heterocycles. The standard InChI is InChI=1S/C32H37N5O10/c1-20(2)29(34-26(38)7-5-4-6-18-35-27(39)16-17-28(35)40)31(42)36(21(3)30(33)41)23-10-8-22(9-11-23)19-46-32(43)47-25-14-12-24(13-15-25)37(44)45/h8-17,20-21,29H,4-7,18-19H2,1-3H3,(H2,33,41)(H,34,38). The number of benzene rings is 2. The number of hydrogen-bond donors (Lipinski definition) is 2. The molecule has 1 aliphatic rings. The number of carbonyl (C=O) groups is 6. The first-order valence-corrected chi connectivity index (χ1v) is 14.9. The smallest absolute Gasteiger partial charge is 0.429 e. The van der Waals surface area contributed by atoms with Crippen molar-refractivity contribution >= 4 is 47.1 Å². The highest BCUT2D eigenvalue weighted by atomic mass is 16.7. The number of ether oxygens (including phenoxy) is 2. The van der Waals surface area contributed by atoms with Crippen molar-refractivity contribution in [2.75, 3.05) is 11.4 Å². The Hall–Kier alpha value is -5.60. The van der Waals surface area contributed by atoms with Crippen LogP contribution < -0.4 is 20.7 Å². The maximum Gasteiger partial charge on any atom is 0.514 e. The fourth-order valence-corrected chi connectivity index (χ4v) is 4.62. The topological polar surface area (TPSA) is 209 Å². The van der Waals surface area contributed by atoms with Crippen molar-refractivity contribution in [3.8, 4) is 5.75 Å². The van der Waals surface area contributed by atoms with Gasteiger partial charge in [0.2, 0.25) is 11.8 Å². The molecule has 3 N–H and O–H groups in total. The summed E-state index contributed by atoms with van der Waals surface area (Å²) < 4.78 is 10.1. The monoisotopic (exact) mass is 651 g/mol. The Morgan fingerprint density at radius 1 is 0.936 bits per heavy atom. The second-order valence-electron chi connectivity index (χ2n) is 11.1. The van der Waals surface area contributed by atoms with Crippen LogP contribution in [-0.2, 0) is 35.3 Å². The summed E-state index contributed by atoms with van der Waals surface area (Å²) in [6.45, 7) is 5.04. The van der Waals surface area contributed by atoms with Gasteiger partial charge in [0.15, 0.2) is 0 Å². The van der Waals surface area contributed by atoms with Crippen LogP contribution in [0.2, 0.25) is 0 Å². The minimum atomic E-state index is -1.06. The first-order valence-electron chi connectivity index (χ1n) is 14.9. The average molecular weight is 652 g/mol. The lowest BCUT2D eigenvalue weighted by Crippen LogP contribution is -2.56. The molecular weight excluding hydrogens is 614 g/mol. The van der Waals surface area contributed by atoms with Gasteiger partial charge >= 0.3 is 6.16 Å². The molecule has 0 aliphatic carbocycles. The third-order valence-electron chi connectivity index (χ3n) is 7.29. The molecule has 1 aliphatic heterocycles. The lowest BCUT2D eigenvalue weighted by molar-refractivity contribution is -0.384. The van der Waals surface area contributed by atoms with Crippen LogP contribution in [0.1, 0.15) is 52.0 Å². The molecule has 5 amide bonds. The summed E-state index contributed by atoms with van der Waals surface area (Å²) in [5, 5.41) is 13.5. The zero-order chi connectivity index (χ0) is 34.7. The van der Waals surface area contributed by atoms with Gasteiger partial charge in [-0.3, -0.25) is 43.9 Å². The molecule has 3 rings (SSSR count). The number of primary amides is 1. The molecule has 0 saturated heterocycles. The van der Waals surface area contributed by atoms with E-state index in [1.165, 1.54) is 48.2 Å². The van der Waals surface area contributed by atoms with Crippen molar-refractivity contribution in [1.29, 1.82) is 0 Å². The second kappa shape index (κ2) is 16.6. The molecule has 15 heteroatoms. The Labute approximate surface area is 270 Å². The molecule has 250 valence electrons. The number of nitrogens with zero attached hydrogens (tertiary/aromatic N) is 3. The summed E-state index contributed by atoms with van der Waals surface area (Å²) in [4.78, 5) is 86.7. The van der Waals surface area contributed by atoms with E-state index >= 15 is 0 Å². The minimum Gasteiger partial charge on any atom is -0.429 e. The van der Waals surface area contributed by atoms with Crippen LogP contribution in [0.25, 0.3) is 0 Å². The molecule has 0 spiro atoms. The Morgan fingerprint density at radius 3 is 2.11 bits per heavy atom. The normalized spacial score (nSPS) is 13.7. The number of nitro groups is 1. The summed E-state index contributed by atoms with van der Waals surface area (Å²) in [5.74, 6) is -2.68. The van der Waals surface area contributed by atoms with Crippen LogP contribution in [0, 0.1) is 16.0 Å². The number of carbonyl (C=O) groups excluding carboxylic acids is 6. The van der Waals surface area contributed by atoms with Crippen LogP contribution in [0.3, 0.4) is 0 Å². The predicted octanol–water partition coefficient (Wildman–Crippen LogP) is 3.14. The molecule has 2 atom stereocenters. The molecule has 2 aromatic carbocycles. The van der Waals surface area contributed by atoms with Crippen molar-refractivity contribution in [2.24, 2.45) is 11.7 Å². The van der Waals surface area contributed by atoms with E-state index < -0.39 is 35.0 Å². The van der Waals surface area contributed by atoms with Gasteiger partial charge in [-0.25, -0.2) is 4.79 Å². The molecule has 2 aromatic rings. The molecule has 0 saturated carbocycles. The number of unbranched alkanes of at least 4 members (excludes halogenated alkanes) is 2. The maximum atomic E-state index is 13.8. The highest BCUT2D eigenvalue weighted by Gasteiger charge is 2.34. The summed E-state index contributed by atoms with van der Waals surface area (Å²) in [6, 6.07) is 9.08. The highest BCUT2D eigenvalue weighted by Crippen LogP contribution is 2.23. The molecular formula is C32H37N5O10. The van der Waals surface area contributed by atoms with Gasteiger partial charge in [-0.15, -0.1) is 0 Å². The van der Waals surface area contributed by atoms with Gasteiger partial charge in [-0.2, -0.15) is 0 Å². The number of anilines is 1. The fraction of sp³-hybridized carbons (Fsp3) is 0.375. The van der Waals surface area contributed by atoms with Gasteiger partial charge < -0.3 is 20.5 Å². The third kappa shape index (κ3) is 10.2. The number of nitro benzene ring substituents is 1. The highest BCUT2D eigenvalue weighted by molar-refractivity contribution is 6.12. The maximum absolute atomic E-state index is 13.8. The van der Waals surface area contributed by atoms with Crippen LogP contribution in [0.4, 0.5) is 16.2 Å². The van der Waals surface area contributed by atoms with E-state index in [1.807, 2.05) is 0 Å². The largest absolute Gasteiger partial charge is 0.514 e. The molecule has 0 aromatic heterocycles. The quantitative estimate of drug-likeness (QED) is 0.0676. The van der Waals surface area contributed by atoms with Crippen LogP contribution in [-0.4, -0.2) is 64.1 Å². The van der Waals surface area contributed by atoms with E-state index in [4.69, 9.17) is 15.2 Å². The van der Waals surface area contributed by atoms with E-state index in [2.05, 4.69) is 5.32 Å². The Bertz CT molecular complexity index is 1500. The fourth-order valence-electron chi connectivity index (χ4n) is 4.62. The summed E-state index contributed by atoms with van der Waals surface area (Å²) in [5.41, 5.74) is 6.25. The molecule has 47 heavy (non-hydrogen) atoms. The van der Waals surface area contributed by atoms with Gasteiger partial charge in [0.1, 0.15) is 24.4 Å². The molecule has 0 bridgehead atoms. The number of hydrogen-bond acceptors (Lipinski definition) is 10. The van der Waals surface area contributed by atoms with Crippen molar-refractivity contribution < 1.29 is 43.2 Å². The first kappa shape index (κ1) is 35.9. The predicted molar refractivity (Wildman–Crippen MR) is 168 cm³/mol. The summed E-state index contributed by atoms with van der Waals surface area (Å²) >= 11 is 0. The number of rotatable bonds is 16. The van der Waals surface area contributed by atoms with Crippen molar-refractivity contribution in [1.82, 2.24) is 10.2 Å². The average Bonchev–Trinajstić information content (AvgIpc) is 3.35. The molecule has 0 fully saturated rings. The zero-order valence-electron chi connectivity index (χ0n) is 26.2. The number of nitrogens with one attached hydrogen (secondary N) is 1. The molecule has 0 radical (unpaired) electrons. The number of non-ortho nitro benzene ring substituents is 1. The number of imide groups is 1. The van der Waals surface area contributed by atoms with Crippen molar-refractivity contribution in [3.05, 3.63) is 76.4 Å². The molecule has 15 nitrogen and oxygen atoms in total. The first-order chi connectivity index (χ1) is 22.3. The van der Waals surface area contributed by atoms with Crippen LogP contribution in [0.15, 0.2) is 60.7 Å². The summed E-state index contributed by atoms with van der Waals surface area (Å²) in [6.07, 6.45) is 3.11. The molecule has 2 unspecified atom stereocenters. The van der Waals surface area contributed by atoms with E-state index in [-0.39, 0.29) is 54.6 Å². The Morgan fingerprint density at radius 2 is 1.55 bits per heavy atom. The SMILES string of the molecule is CC(C)C(NC(=O)CCCCCN1C(=O)C=CC1=O)C(=O)N(c1ccc(COC(=O)Oc2ccc([N+](=O)[O-])cc2)cc1)C(C)C(N)=O. The second-order valence-corrected chi connectivity index (χ2v) is 11.1. The van der Waals surface area contributed by atoms with Crippen molar-refractivity contribution in [2.45, 2.75) is 65.1 Å².